The van der Waals surface area contributed by atoms with Crippen molar-refractivity contribution in [1.82, 2.24) is 10.2 Å². The van der Waals surface area contributed by atoms with E-state index in [0.29, 0.717) is 11.8 Å². The summed E-state index contributed by atoms with van der Waals surface area (Å²) in [5, 5.41) is 3.00. The third-order valence-corrected chi connectivity index (χ3v) is 3.15. The third-order valence-electron chi connectivity index (χ3n) is 3.15. The molecule has 0 radical (unpaired) electrons. The first-order chi connectivity index (χ1) is 7.33. The summed E-state index contributed by atoms with van der Waals surface area (Å²) in [6, 6.07) is 0.0508. The lowest BCUT2D eigenvalue weighted by Crippen LogP contribution is -2.53. The van der Waals surface area contributed by atoms with Crippen molar-refractivity contribution in [2.24, 2.45) is 17.6 Å². The molecule has 2 amide bonds. The number of hydrogen-bond acceptors (Lipinski definition) is 2. The molecule has 16 heavy (non-hydrogen) atoms. The maximum absolute atomic E-state index is 11.9. The fourth-order valence-electron chi connectivity index (χ4n) is 2.13. The molecule has 0 aromatic rings. The predicted molar refractivity (Wildman–Crippen MR) is 66.2 cm³/mol. The van der Waals surface area contributed by atoms with Crippen LogP contribution in [0.2, 0.25) is 0 Å². The zero-order chi connectivity index (χ0) is 12.3. The number of nitrogens with one attached hydrogen (secondary N) is 1. The molecule has 0 aromatic carbocycles. The van der Waals surface area contributed by atoms with Crippen molar-refractivity contribution in [2.75, 3.05) is 19.6 Å². The van der Waals surface area contributed by atoms with Crippen LogP contribution >= 0.6 is 0 Å². The van der Waals surface area contributed by atoms with Crippen LogP contribution in [0.4, 0.5) is 4.79 Å². The molecule has 1 rings (SSSR count). The van der Waals surface area contributed by atoms with Gasteiger partial charge < -0.3 is 16.0 Å². The number of carbonyl (C=O) groups excluding carboxylic acids is 1. The van der Waals surface area contributed by atoms with Crippen molar-refractivity contribution in [1.29, 1.82) is 0 Å². The van der Waals surface area contributed by atoms with Crippen LogP contribution < -0.4 is 11.1 Å². The van der Waals surface area contributed by atoms with Gasteiger partial charge in [-0.2, -0.15) is 0 Å². The Labute approximate surface area is 98.6 Å². The number of amides is 2. The maximum atomic E-state index is 11.9. The summed E-state index contributed by atoms with van der Waals surface area (Å²) in [6.07, 6.45) is 1.02. The average Bonchev–Trinajstić information content (AvgIpc) is 2.15. The molecule has 1 aliphatic rings. The smallest absolute Gasteiger partial charge is 0.317 e. The zero-order valence-corrected chi connectivity index (χ0v) is 10.9. The van der Waals surface area contributed by atoms with Crippen molar-refractivity contribution in [3.05, 3.63) is 0 Å². The Balaban J connectivity index is 2.48. The second-order valence-corrected chi connectivity index (χ2v) is 5.89. The molecule has 2 unspecified atom stereocenters. The maximum Gasteiger partial charge on any atom is 0.317 e. The molecule has 1 saturated heterocycles. The van der Waals surface area contributed by atoms with E-state index in [0.717, 1.165) is 26.1 Å². The molecule has 0 spiro atoms. The van der Waals surface area contributed by atoms with Crippen molar-refractivity contribution in [3.63, 3.8) is 0 Å². The zero-order valence-electron chi connectivity index (χ0n) is 10.9. The van der Waals surface area contributed by atoms with E-state index in [2.05, 4.69) is 12.2 Å². The molecule has 0 aliphatic carbocycles. The normalized spacial score (nSPS) is 26.7. The first-order valence-corrected chi connectivity index (χ1v) is 6.10. The summed E-state index contributed by atoms with van der Waals surface area (Å²) in [7, 11) is 0. The highest BCUT2D eigenvalue weighted by atomic mass is 16.2. The molecule has 0 bridgehead atoms. The molecule has 4 heteroatoms. The van der Waals surface area contributed by atoms with Crippen LogP contribution in [-0.4, -0.2) is 36.1 Å². The van der Waals surface area contributed by atoms with Crippen LogP contribution in [0.25, 0.3) is 0 Å². The van der Waals surface area contributed by atoms with Gasteiger partial charge in [0.15, 0.2) is 0 Å². The number of hydrogen-bond donors (Lipinski definition) is 2. The van der Waals surface area contributed by atoms with Gasteiger partial charge in [0.05, 0.1) is 0 Å². The number of urea groups is 1. The summed E-state index contributed by atoms with van der Waals surface area (Å²) < 4.78 is 0. The van der Waals surface area contributed by atoms with Gasteiger partial charge in [0.25, 0.3) is 0 Å². The first kappa shape index (κ1) is 13.3. The van der Waals surface area contributed by atoms with Gasteiger partial charge in [0, 0.05) is 18.6 Å². The molecular formula is C12H25N3O. The molecule has 1 fully saturated rings. The lowest BCUT2D eigenvalue weighted by molar-refractivity contribution is 0.135. The molecule has 0 aromatic heterocycles. The molecule has 94 valence electrons. The summed E-state index contributed by atoms with van der Waals surface area (Å²) in [4.78, 5) is 13.8. The number of rotatable bonds is 1. The Morgan fingerprint density at radius 2 is 2.12 bits per heavy atom. The highest BCUT2D eigenvalue weighted by Gasteiger charge is 2.28. The molecule has 1 heterocycles. The van der Waals surface area contributed by atoms with Gasteiger partial charge in [0.2, 0.25) is 0 Å². The average molecular weight is 227 g/mol. The quantitative estimate of drug-likeness (QED) is 0.711. The van der Waals surface area contributed by atoms with E-state index in [1.165, 1.54) is 0 Å². The number of nitrogens with two attached hydrogens (primary N) is 1. The van der Waals surface area contributed by atoms with Crippen LogP contribution in [0.15, 0.2) is 0 Å². The van der Waals surface area contributed by atoms with Crippen LogP contribution in [0.3, 0.4) is 0 Å². The van der Waals surface area contributed by atoms with E-state index in [-0.39, 0.29) is 11.6 Å². The van der Waals surface area contributed by atoms with Crippen LogP contribution in [0.5, 0.6) is 0 Å². The topological polar surface area (TPSA) is 58.4 Å². The molecule has 0 saturated carbocycles. The Morgan fingerprint density at radius 3 is 2.56 bits per heavy atom. The SMILES string of the molecule is CC1CN(C(=O)NC(C)(C)C)CCC1CN. The highest BCUT2D eigenvalue weighted by molar-refractivity contribution is 5.75. The Hall–Kier alpha value is -0.770. The van der Waals surface area contributed by atoms with Gasteiger partial charge in [-0.25, -0.2) is 4.79 Å². The van der Waals surface area contributed by atoms with Crippen molar-refractivity contribution >= 4 is 6.03 Å². The van der Waals surface area contributed by atoms with Crippen LogP contribution in [-0.2, 0) is 0 Å². The Morgan fingerprint density at radius 1 is 1.50 bits per heavy atom. The standard InChI is InChI=1S/C12H25N3O/c1-9-8-15(6-5-10(9)7-13)11(16)14-12(2,3)4/h9-10H,5-8,13H2,1-4H3,(H,14,16). The summed E-state index contributed by atoms with van der Waals surface area (Å²) in [5.41, 5.74) is 5.54. The summed E-state index contributed by atoms with van der Waals surface area (Å²) in [5.74, 6) is 1.07. The molecular weight excluding hydrogens is 202 g/mol. The summed E-state index contributed by atoms with van der Waals surface area (Å²) >= 11 is 0. The molecule has 1 aliphatic heterocycles. The van der Waals surface area contributed by atoms with Gasteiger partial charge in [0.1, 0.15) is 0 Å². The van der Waals surface area contributed by atoms with Gasteiger partial charge in [-0.15, -0.1) is 0 Å². The summed E-state index contributed by atoms with van der Waals surface area (Å²) in [6.45, 7) is 10.6. The first-order valence-electron chi connectivity index (χ1n) is 6.10. The number of nitrogens with zero attached hydrogens (tertiary/aromatic N) is 1. The minimum absolute atomic E-state index is 0.0508. The number of likely N-dealkylation sites (tertiary alicyclic amines) is 1. The molecule has 3 N–H and O–H groups in total. The van der Waals surface area contributed by atoms with E-state index < -0.39 is 0 Å². The van der Waals surface area contributed by atoms with E-state index in [1.807, 2.05) is 25.7 Å². The van der Waals surface area contributed by atoms with Gasteiger partial charge in [-0.1, -0.05) is 6.92 Å². The van der Waals surface area contributed by atoms with Crippen molar-refractivity contribution < 1.29 is 4.79 Å². The minimum atomic E-state index is -0.162. The second-order valence-electron chi connectivity index (χ2n) is 5.89. The lowest BCUT2D eigenvalue weighted by Gasteiger charge is -2.37. The fraction of sp³-hybridized carbons (Fsp3) is 0.917. The minimum Gasteiger partial charge on any atom is -0.333 e. The van der Waals surface area contributed by atoms with E-state index in [1.54, 1.807) is 0 Å². The number of carbonyl (C=O) groups is 1. The highest BCUT2D eigenvalue weighted by Crippen LogP contribution is 2.22. The van der Waals surface area contributed by atoms with Crippen molar-refractivity contribution in [3.8, 4) is 0 Å². The van der Waals surface area contributed by atoms with Crippen LogP contribution in [0.1, 0.15) is 34.1 Å². The molecule has 4 nitrogen and oxygen atoms in total. The van der Waals surface area contributed by atoms with E-state index in [9.17, 15) is 4.79 Å². The monoisotopic (exact) mass is 227 g/mol. The second kappa shape index (κ2) is 5.04. The Bertz CT molecular complexity index is 247. The van der Waals surface area contributed by atoms with Crippen molar-refractivity contribution in [2.45, 2.75) is 39.7 Å². The van der Waals surface area contributed by atoms with Gasteiger partial charge in [-0.3, -0.25) is 0 Å². The van der Waals surface area contributed by atoms with Gasteiger partial charge in [-0.05, 0) is 45.6 Å². The number of piperidine rings is 1. The fourth-order valence-corrected chi connectivity index (χ4v) is 2.13. The van der Waals surface area contributed by atoms with E-state index >= 15 is 0 Å². The third kappa shape index (κ3) is 3.67. The lowest BCUT2D eigenvalue weighted by atomic mass is 9.87. The van der Waals surface area contributed by atoms with Crippen LogP contribution in [0, 0.1) is 11.8 Å². The predicted octanol–water partition coefficient (Wildman–Crippen LogP) is 1.41. The molecule has 2 atom stereocenters. The Kier molecular flexibility index (Phi) is 4.19. The largest absolute Gasteiger partial charge is 0.333 e. The van der Waals surface area contributed by atoms with Gasteiger partial charge >= 0.3 is 6.03 Å². The van der Waals surface area contributed by atoms with E-state index in [4.69, 9.17) is 5.73 Å².